The molecule has 0 saturated carbocycles. The van der Waals surface area contributed by atoms with Gasteiger partial charge in [0.25, 0.3) is 5.91 Å². The van der Waals surface area contributed by atoms with Crippen LogP contribution in [0.5, 0.6) is 11.5 Å². The van der Waals surface area contributed by atoms with Crippen molar-refractivity contribution >= 4 is 21.8 Å². The van der Waals surface area contributed by atoms with Crippen LogP contribution in [0.2, 0.25) is 0 Å². The van der Waals surface area contributed by atoms with Crippen LogP contribution < -0.4 is 14.8 Å². The van der Waals surface area contributed by atoms with Gasteiger partial charge in [0, 0.05) is 16.5 Å². The van der Waals surface area contributed by atoms with E-state index in [2.05, 4.69) is 35.1 Å². The first-order valence-corrected chi connectivity index (χ1v) is 9.30. The average molecular weight is 404 g/mol. The van der Waals surface area contributed by atoms with Crippen molar-refractivity contribution in [1.82, 2.24) is 5.32 Å². The Morgan fingerprint density at radius 1 is 1.08 bits per heavy atom. The molecule has 1 amide bonds. The molecule has 2 aromatic carbocycles. The van der Waals surface area contributed by atoms with Gasteiger partial charge in [-0.3, -0.25) is 4.79 Å². The molecule has 0 radical (unpaired) electrons. The largest absolute Gasteiger partial charge is 0.490 e. The number of hydrogen-bond acceptors (Lipinski definition) is 3. The van der Waals surface area contributed by atoms with Crippen LogP contribution in [0.15, 0.2) is 46.9 Å². The maximum atomic E-state index is 12.6. The van der Waals surface area contributed by atoms with Gasteiger partial charge in [-0.05, 0) is 41.8 Å². The molecule has 0 unspecified atom stereocenters. The van der Waals surface area contributed by atoms with Gasteiger partial charge < -0.3 is 14.8 Å². The zero-order chi connectivity index (χ0) is 17.8. The zero-order valence-electron chi connectivity index (χ0n) is 14.4. The first kappa shape index (κ1) is 17.8. The lowest BCUT2D eigenvalue weighted by atomic mass is 9.95. The summed E-state index contributed by atoms with van der Waals surface area (Å²) in [6, 6.07) is 13.2. The summed E-state index contributed by atoms with van der Waals surface area (Å²) in [6.45, 7) is 5.50. The van der Waals surface area contributed by atoms with Crippen LogP contribution in [0.4, 0.5) is 0 Å². The van der Waals surface area contributed by atoms with E-state index in [0.717, 1.165) is 28.0 Å². The number of carbonyl (C=O) groups excluding carboxylic acids is 1. The third-order valence-corrected chi connectivity index (χ3v) is 4.66. The number of nitrogens with one attached hydrogen (secondary N) is 1. The number of ether oxygens (including phenoxy) is 2. The van der Waals surface area contributed by atoms with E-state index in [0.29, 0.717) is 18.8 Å². The molecule has 5 heteroatoms. The van der Waals surface area contributed by atoms with Crippen LogP contribution in [0.25, 0.3) is 0 Å². The van der Waals surface area contributed by atoms with E-state index in [4.69, 9.17) is 9.47 Å². The van der Waals surface area contributed by atoms with E-state index >= 15 is 0 Å². The summed E-state index contributed by atoms with van der Waals surface area (Å²) < 4.78 is 12.4. The Kier molecular flexibility index (Phi) is 5.63. The molecule has 1 aliphatic heterocycles. The van der Waals surface area contributed by atoms with Crippen LogP contribution in [-0.4, -0.2) is 19.1 Å². The monoisotopic (exact) mass is 403 g/mol. The van der Waals surface area contributed by atoms with E-state index in [1.165, 1.54) is 0 Å². The van der Waals surface area contributed by atoms with Crippen molar-refractivity contribution < 1.29 is 14.3 Å². The van der Waals surface area contributed by atoms with Crippen molar-refractivity contribution in [2.24, 2.45) is 5.92 Å². The van der Waals surface area contributed by atoms with Crippen LogP contribution in [0, 0.1) is 5.92 Å². The van der Waals surface area contributed by atoms with Crippen molar-refractivity contribution in [3.63, 3.8) is 0 Å². The normalized spacial score (nSPS) is 14.7. The van der Waals surface area contributed by atoms with E-state index in [9.17, 15) is 4.79 Å². The second kappa shape index (κ2) is 7.91. The van der Waals surface area contributed by atoms with Gasteiger partial charge in [0.2, 0.25) is 0 Å². The van der Waals surface area contributed by atoms with Crippen LogP contribution in [0.1, 0.15) is 42.2 Å². The molecule has 1 heterocycles. The maximum absolute atomic E-state index is 12.6. The molecule has 2 aromatic rings. The quantitative estimate of drug-likeness (QED) is 0.801. The lowest BCUT2D eigenvalue weighted by molar-refractivity contribution is 0.0925. The van der Waals surface area contributed by atoms with Crippen molar-refractivity contribution in [2.75, 3.05) is 13.2 Å². The van der Waals surface area contributed by atoms with Gasteiger partial charge in [-0.25, -0.2) is 0 Å². The summed E-state index contributed by atoms with van der Waals surface area (Å²) in [5.74, 6) is 1.66. The molecule has 0 saturated heterocycles. The number of benzene rings is 2. The van der Waals surface area contributed by atoms with Gasteiger partial charge >= 0.3 is 0 Å². The van der Waals surface area contributed by atoms with Crippen molar-refractivity contribution in [2.45, 2.75) is 26.3 Å². The summed E-state index contributed by atoms with van der Waals surface area (Å²) in [7, 11) is 0. The average Bonchev–Trinajstić information content (AvgIpc) is 2.83. The number of halogens is 1. The molecule has 3 rings (SSSR count). The fourth-order valence-electron chi connectivity index (χ4n) is 2.86. The topological polar surface area (TPSA) is 47.6 Å². The van der Waals surface area contributed by atoms with Crippen molar-refractivity contribution in [3.8, 4) is 11.5 Å². The zero-order valence-corrected chi connectivity index (χ0v) is 16.0. The molecule has 1 atom stereocenters. The first-order valence-electron chi connectivity index (χ1n) is 8.50. The van der Waals surface area contributed by atoms with Gasteiger partial charge in [0.05, 0.1) is 19.3 Å². The van der Waals surface area contributed by atoms with E-state index < -0.39 is 0 Å². The van der Waals surface area contributed by atoms with E-state index in [1.807, 2.05) is 42.5 Å². The van der Waals surface area contributed by atoms with Crippen molar-refractivity contribution in [1.29, 1.82) is 0 Å². The van der Waals surface area contributed by atoms with Gasteiger partial charge in [0.1, 0.15) is 0 Å². The van der Waals surface area contributed by atoms with Crippen LogP contribution >= 0.6 is 15.9 Å². The summed E-state index contributed by atoms with van der Waals surface area (Å²) >= 11 is 3.41. The van der Waals surface area contributed by atoms with E-state index in [-0.39, 0.29) is 17.9 Å². The molecule has 4 nitrogen and oxygen atoms in total. The highest BCUT2D eigenvalue weighted by atomic mass is 79.9. The van der Waals surface area contributed by atoms with Crippen LogP contribution in [-0.2, 0) is 0 Å². The molecule has 0 fully saturated rings. The smallest absolute Gasteiger partial charge is 0.251 e. The molecule has 1 aliphatic rings. The highest BCUT2D eigenvalue weighted by Gasteiger charge is 2.21. The first-order chi connectivity index (χ1) is 12.0. The molecule has 132 valence electrons. The summed E-state index contributed by atoms with van der Waals surface area (Å²) in [5.41, 5.74) is 1.65. The Labute approximate surface area is 156 Å². The Balaban J connectivity index is 1.84. The Morgan fingerprint density at radius 2 is 1.84 bits per heavy atom. The SMILES string of the molecule is CC(C)[C@@H](NC(=O)c1cccc(Br)c1)c1ccc2c(c1)OCCCO2. The van der Waals surface area contributed by atoms with Gasteiger partial charge in [-0.1, -0.05) is 41.9 Å². The standard InChI is InChI=1S/C20H22BrNO3/c1-13(2)19(22-20(23)15-5-3-6-16(21)11-15)14-7-8-17-18(12-14)25-10-4-9-24-17/h3,5-8,11-13,19H,4,9-10H2,1-2H3,(H,22,23)/t19-/m1/s1. The second-order valence-electron chi connectivity index (χ2n) is 6.46. The molecule has 1 N–H and O–H groups in total. The lowest BCUT2D eigenvalue weighted by Gasteiger charge is -2.24. The molecule has 0 aliphatic carbocycles. The third kappa shape index (κ3) is 4.34. The molecular formula is C20H22BrNO3. The summed E-state index contributed by atoms with van der Waals surface area (Å²) in [5, 5.41) is 3.14. The number of rotatable bonds is 4. The predicted molar refractivity (Wildman–Crippen MR) is 101 cm³/mol. The lowest BCUT2D eigenvalue weighted by Crippen LogP contribution is -2.31. The number of hydrogen-bond donors (Lipinski definition) is 1. The highest BCUT2D eigenvalue weighted by molar-refractivity contribution is 9.10. The maximum Gasteiger partial charge on any atom is 0.251 e. The minimum Gasteiger partial charge on any atom is -0.490 e. The van der Waals surface area contributed by atoms with Gasteiger partial charge in [-0.15, -0.1) is 0 Å². The fraction of sp³-hybridized carbons (Fsp3) is 0.350. The van der Waals surface area contributed by atoms with Gasteiger partial charge in [-0.2, -0.15) is 0 Å². The Morgan fingerprint density at radius 3 is 2.56 bits per heavy atom. The third-order valence-electron chi connectivity index (χ3n) is 4.17. The molecule has 25 heavy (non-hydrogen) atoms. The minimum absolute atomic E-state index is 0.0906. The Bertz CT molecular complexity index is 760. The molecular weight excluding hydrogens is 382 g/mol. The molecule has 0 spiro atoms. The van der Waals surface area contributed by atoms with Gasteiger partial charge in [0.15, 0.2) is 11.5 Å². The minimum atomic E-state index is -0.108. The highest BCUT2D eigenvalue weighted by Crippen LogP contribution is 2.34. The number of carbonyl (C=O) groups is 1. The van der Waals surface area contributed by atoms with Crippen molar-refractivity contribution in [3.05, 3.63) is 58.1 Å². The summed E-state index contributed by atoms with van der Waals surface area (Å²) in [6.07, 6.45) is 0.872. The second-order valence-corrected chi connectivity index (χ2v) is 7.38. The predicted octanol–water partition coefficient (Wildman–Crippen LogP) is 4.74. The van der Waals surface area contributed by atoms with Crippen LogP contribution in [0.3, 0.4) is 0 Å². The fourth-order valence-corrected chi connectivity index (χ4v) is 3.26. The number of fused-ring (bicyclic) bond motifs is 1. The summed E-state index contributed by atoms with van der Waals surface area (Å²) in [4.78, 5) is 12.6. The molecule has 0 aromatic heterocycles. The Hall–Kier alpha value is -2.01. The number of amides is 1. The van der Waals surface area contributed by atoms with E-state index in [1.54, 1.807) is 0 Å². The molecule has 0 bridgehead atoms.